The van der Waals surface area contributed by atoms with E-state index in [-0.39, 0.29) is 18.2 Å². The molecule has 5 nitrogen and oxygen atoms in total. The molecular weight excluding hydrogens is 321 g/mol. The molecule has 1 aromatic heterocycles. The van der Waals surface area contributed by atoms with Gasteiger partial charge in [-0.05, 0) is 31.0 Å². The summed E-state index contributed by atoms with van der Waals surface area (Å²) in [6.07, 6.45) is 2.31. The van der Waals surface area contributed by atoms with E-state index in [0.717, 1.165) is 5.56 Å². The van der Waals surface area contributed by atoms with E-state index < -0.39 is 17.8 Å². The van der Waals surface area contributed by atoms with Crippen molar-refractivity contribution in [1.82, 2.24) is 9.88 Å². The average molecular weight is 341 g/mol. The maximum absolute atomic E-state index is 14.3. The fourth-order valence-electron chi connectivity index (χ4n) is 3.21. The van der Waals surface area contributed by atoms with Gasteiger partial charge in [0.25, 0.3) is 0 Å². The van der Waals surface area contributed by atoms with Crippen molar-refractivity contribution in [2.75, 3.05) is 12.4 Å². The van der Waals surface area contributed by atoms with Crippen LogP contribution in [0.1, 0.15) is 30.0 Å². The third-order valence-corrected chi connectivity index (χ3v) is 4.58. The molecule has 0 spiro atoms. The van der Waals surface area contributed by atoms with Crippen LogP contribution in [0.25, 0.3) is 0 Å². The van der Waals surface area contributed by atoms with E-state index in [0.29, 0.717) is 17.8 Å². The highest BCUT2D eigenvalue weighted by atomic mass is 19.1. The molecule has 2 atom stereocenters. The smallest absolute Gasteiger partial charge is 0.231 e. The van der Waals surface area contributed by atoms with E-state index in [1.807, 2.05) is 13.0 Å². The van der Waals surface area contributed by atoms with E-state index in [9.17, 15) is 14.0 Å². The molecule has 3 rings (SSSR count). The van der Waals surface area contributed by atoms with Crippen molar-refractivity contribution in [2.45, 2.75) is 25.8 Å². The van der Waals surface area contributed by atoms with Gasteiger partial charge in [0.05, 0.1) is 12.0 Å². The lowest BCUT2D eigenvalue weighted by atomic mass is 9.83. The Kier molecular flexibility index (Phi) is 4.79. The Labute approximate surface area is 145 Å². The van der Waals surface area contributed by atoms with Crippen LogP contribution in [-0.2, 0) is 9.59 Å². The third-order valence-electron chi connectivity index (χ3n) is 4.58. The molecule has 1 fully saturated rings. The number of amides is 2. The molecule has 130 valence electrons. The van der Waals surface area contributed by atoms with E-state index in [1.165, 1.54) is 11.0 Å². The molecule has 1 saturated heterocycles. The lowest BCUT2D eigenvalue weighted by Gasteiger charge is -2.38. The normalized spacial score (nSPS) is 20.4. The molecule has 2 amide bonds. The molecule has 0 radical (unpaired) electrons. The molecule has 25 heavy (non-hydrogen) atoms. The molecule has 0 unspecified atom stereocenters. The number of rotatable bonds is 3. The summed E-state index contributed by atoms with van der Waals surface area (Å²) >= 11 is 0. The Morgan fingerprint density at radius 1 is 1.28 bits per heavy atom. The van der Waals surface area contributed by atoms with Crippen LogP contribution in [0, 0.1) is 18.7 Å². The van der Waals surface area contributed by atoms with Gasteiger partial charge in [0.15, 0.2) is 0 Å². The topological polar surface area (TPSA) is 62.3 Å². The van der Waals surface area contributed by atoms with Gasteiger partial charge in [-0.3, -0.25) is 9.59 Å². The summed E-state index contributed by atoms with van der Waals surface area (Å²) in [5, 5.41) is 2.78. The quantitative estimate of drug-likeness (QED) is 0.933. The third kappa shape index (κ3) is 3.52. The zero-order valence-electron chi connectivity index (χ0n) is 14.2. The molecule has 0 saturated carbocycles. The van der Waals surface area contributed by atoms with Crippen LogP contribution in [-0.4, -0.2) is 28.7 Å². The van der Waals surface area contributed by atoms with Crippen molar-refractivity contribution < 1.29 is 14.0 Å². The minimum Gasteiger partial charge on any atom is -0.338 e. The highest BCUT2D eigenvalue weighted by molar-refractivity contribution is 5.94. The lowest BCUT2D eigenvalue weighted by molar-refractivity contribution is -0.140. The van der Waals surface area contributed by atoms with Gasteiger partial charge in [-0.25, -0.2) is 9.37 Å². The van der Waals surface area contributed by atoms with E-state index in [1.54, 1.807) is 37.5 Å². The van der Waals surface area contributed by atoms with E-state index >= 15 is 0 Å². The fraction of sp³-hybridized carbons (Fsp3) is 0.316. The Morgan fingerprint density at radius 3 is 2.72 bits per heavy atom. The van der Waals surface area contributed by atoms with Gasteiger partial charge in [-0.2, -0.15) is 0 Å². The van der Waals surface area contributed by atoms with Crippen molar-refractivity contribution >= 4 is 17.6 Å². The Balaban J connectivity index is 1.89. The largest absolute Gasteiger partial charge is 0.338 e. The van der Waals surface area contributed by atoms with Crippen molar-refractivity contribution in [3.8, 4) is 0 Å². The number of anilines is 1. The van der Waals surface area contributed by atoms with Gasteiger partial charge in [-0.15, -0.1) is 0 Å². The predicted molar refractivity (Wildman–Crippen MR) is 92.2 cm³/mol. The second-order valence-electron chi connectivity index (χ2n) is 6.33. The molecule has 0 bridgehead atoms. The minimum absolute atomic E-state index is 0.0919. The molecule has 2 aromatic rings. The Bertz CT molecular complexity index is 792. The number of nitrogens with one attached hydrogen (secondary N) is 1. The molecular formula is C19H20FN3O2. The number of nitrogens with zero attached hydrogens (tertiary/aromatic N) is 2. The van der Waals surface area contributed by atoms with Crippen LogP contribution >= 0.6 is 0 Å². The summed E-state index contributed by atoms with van der Waals surface area (Å²) in [5.41, 5.74) is 1.35. The standard InChI is InChI=1S/C19H20FN3O2/c1-12-7-9-16(21-11-12)22-19(25)14-8-10-17(24)23(2)18(14)13-5-3-4-6-15(13)20/h3-7,9,11,14,18H,8,10H2,1-2H3,(H,21,22,25)/t14-,18+/m1/s1. The number of aryl methyl sites for hydroxylation is 1. The highest BCUT2D eigenvalue weighted by Gasteiger charge is 2.40. The average Bonchev–Trinajstić information content (AvgIpc) is 2.60. The molecule has 1 aromatic carbocycles. The predicted octanol–water partition coefficient (Wildman–Crippen LogP) is 3.08. The first-order valence-corrected chi connectivity index (χ1v) is 8.21. The van der Waals surface area contributed by atoms with Gasteiger partial charge in [0.1, 0.15) is 11.6 Å². The van der Waals surface area contributed by atoms with Crippen molar-refractivity contribution in [3.63, 3.8) is 0 Å². The zero-order chi connectivity index (χ0) is 18.0. The molecule has 6 heteroatoms. The van der Waals surface area contributed by atoms with Crippen LogP contribution in [0.15, 0.2) is 42.6 Å². The lowest BCUT2D eigenvalue weighted by Crippen LogP contribution is -2.45. The summed E-state index contributed by atoms with van der Waals surface area (Å²) in [6, 6.07) is 9.22. The second kappa shape index (κ2) is 7.01. The number of piperidine rings is 1. The van der Waals surface area contributed by atoms with Gasteiger partial charge < -0.3 is 10.2 Å². The van der Waals surface area contributed by atoms with Gasteiger partial charge >= 0.3 is 0 Å². The summed E-state index contributed by atoms with van der Waals surface area (Å²) in [5.74, 6) is -0.861. The fourth-order valence-corrected chi connectivity index (χ4v) is 3.21. The first-order valence-electron chi connectivity index (χ1n) is 8.21. The molecule has 2 heterocycles. The van der Waals surface area contributed by atoms with Crippen LogP contribution in [0.2, 0.25) is 0 Å². The maximum Gasteiger partial charge on any atom is 0.231 e. The molecule has 1 aliphatic heterocycles. The SMILES string of the molecule is Cc1ccc(NC(=O)[C@@H]2CCC(=O)N(C)[C@H]2c2ccccc2F)nc1. The summed E-state index contributed by atoms with van der Waals surface area (Å²) in [4.78, 5) is 30.5. The van der Waals surface area contributed by atoms with Crippen LogP contribution < -0.4 is 5.32 Å². The molecule has 0 aliphatic carbocycles. The number of halogens is 1. The van der Waals surface area contributed by atoms with Crippen LogP contribution in [0.3, 0.4) is 0 Å². The number of carbonyl (C=O) groups excluding carboxylic acids is 2. The van der Waals surface area contributed by atoms with E-state index in [4.69, 9.17) is 0 Å². The Morgan fingerprint density at radius 2 is 2.04 bits per heavy atom. The molecule has 1 aliphatic rings. The Hall–Kier alpha value is -2.76. The summed E-state index contributed by atoms with van der Waals surface area (Å²) in [7, 11) is 1.61. The number of likely N-dealkylation sites (tertiary alicyclic amines) is 1. The number of hydrogen-bond donors (Lipinski definition) is 1. The maximum atomic E-state index is 14.3. The molecule has 1 N–H and O–H groups in total. The monoisotopic (exact) mass is 341 g/mol. The van der Waals surface area contributed by atoms with Crippen molar-refractivity contribution in [3.05, 3.63) is 59.5 Å². The van der Waals surface area contributed by atoms with E-state index in [2.05, 4.69) is 10.3 Å². The van der Waals surface area contributed by atoms with Gasteiger partial charge in [0.2, 0.25) is 11.8 Å². The zero-order valence-corrected chi connectivity index (χ0v) is 14.2. The highest BCUT2D eigenvalue weighted by Crippen LogP contribution is 2.37. The van der Waals surface area contributed by atoms with Crippen molar-refractivity contribution in [1.29, 1.82) is 0 Å². The second-order valence-corrected chi connectivity index (χ2v) is 6.33. The number of pyridine rings is 1. The number of hydrogen-bond acceptors (Lipinski definition) is 3. The minimum atomic E-state index is -0.632. The van der Waals surface area contributed by atoms with Gasteiger partial charge in [-0.1, -0.05) is 24.3 Å². The van der Waals surface area contributed by atoms with Gasteiger partial charge in [0, 0.05) is 25.2 Å². The number of benzene rings is 1. The number of aromatic nitrogens is 1. The first-order chi connectivity index (χ1) is 12.0. The number of carbonyl (C=O) groups is 2. The first kappa shape index (κ1) is 17.1. The van der Waals surface area contributed by atoms with Crippen molar-refractivity contribution in [2.24, 2.45) is 5.92 Å². The summed E-state index contributed by atoms with van der Waals surface area (Å²) in [6.45, 7) is 1.91. The summed E-state index contributed by atoms with van der Waals surface area (Å²) < 4.78 is 14.3. The van der Waals surface area contributed by atoms with Crippen LogP contribution in [0.4, 0.5) is 10.2 Å². The van der Waals surface area contributed by atoms with Crippen LogP contribution in [0.5, 0.6) is 0 Å².